The molecule has 0 radical (unpaired) electrons. The van der Waals surface area contributed by atoms with Crippen LogP contribution in [0.2, 0.25) is 0 Å². The molecule has 0 fully saturated rings. The van der Waals surface area contributed by atoms with Gasteiger partial charge in [0.15, 0.2) is 0 Å². The molecule has 26 heavy (non-hydrogen) atoms. The summed E-state index contributed by atoms with van der Waals surface area (Å²) in [7, 11) is -8.80. The summed E-state index contributed by atoms with van der Waals surface area (Å²) in [6.07, 6.45) is 1.34. The van der Waals surface area contributed by atoms with E-state index in [0.717, 1.165) is 11.6 Å². The molecule has 1 aromatic heterocycles. The van der Waals surface area contributed by atoms with E-state index in [1.54, 1.807) is 18.2 Å². The standard InChI is InChI=1S/C17H14O7S2/c1-12-4-7-14(8-5-12)26(21,22)24-13-6-9-15(16-3-2-10-23-16)17(11-13)25(18,19)20/h2-11H,1H3,(H,18,19,20). The first-order chi connectivity index (χ1) is 12.2. The summed E-state index contributed by atoms with van der Waals surface area (Å²) in [6.45, 7) is 1.81. The van der Waals surface area contributed by atoms with Gasteiger partial charge in [0.25, 0.3) is 10.1 Å². The van der Waals surface area contributed by atoms with Gasteiger partial charge in [0.1, 0.15) is 21.3 Å². The molecule has 0 aliphatic carbocycles. The smallest absolute Gasteiger partial charge is 0.339 e. The molecule has 3 rings (SSSR count). The number of benzene rings is 2. The molecule has 0 unspecified atom stereocenters. The Morgan fingerprint density at radius 1 is 0.962 bits per heavy atom. The Hall–Kier alpha value is -2.62. The van der Waals surface area contributed by atoms with Crippen molar-refractivity contribution >= 4 is 20.2 Å². The maximum Gasteiger partial charge on any atom is 0.339 e. The minimum absolute atomic E-state index is 0.0772. The Morgan fingerprint density at radius 2 is 1.65 bits per heavy atom. The summed E-state index contributed by atoms with van der Waals surface area (Å²) >= 11 is 0. The van der Waals surface area contributed by atoms with E-state index in [2.05, 4.69) is 0 Å². The van der Waals surface area contributed by atoms with E-state index in [4.69, 9.17) is 8.60 Å². The van der Waals surface area contributed by atoms with E-state index < -0.39 is 25.1 Å². The number of hydrogen-bond donors (Lipinski definition) is 1. The molecular weight excluding hydrogens is 380 g/mol. The molecule has 0 spiro atoms. The lowest BCUT2D eigenvalue weighted by atomic mass is 10.1. The summed E-state index contributed by atoms with van der Waals surface area (Å²) in [6, 6.07) is 12.5. The Balaban J connectivity index is 2.03. The van der Waals surface area contributed by atoms with Crippen LogP contribution in [0.4, 0.5) is 0 Å². The molecule has 0 aliphatic heterocycles. The molecule has 0 saturated heterocycles. The zero-order valence-corrected chi connectivity index (χ0v) is 15.1. The maximum atomic E-state index is 12.3. The third-order valence-electron chi connectivity index (χ3n) is 3.53. The van der Waals surface area contributed by atoms with Gasteiger partial charge in [-0.05, 0) is 43.3 Å². The molecular formula is C17H14O7S2. The van der Waals surface area contributed by atoms with Gasteiger partial charge >= 0.3 is 10.1 Å². The lowest BCUT2D eigenvalue weighted by Crippen LogP contribution is -2.10. The predicted octanol–water partition coefficient (Wildman–Crippen LogP) is 3.27. The van der Waals surface area contributed by atoms with Crippen LogP contribution < -0.4 is 4.18 Å². The Labute approximate surface area is 150 Å². The van der Waals surface area contributed by atoms with Crippen LogP contribution in [0, 0.1) is 6.92 Å². The van der Waals surface area contributed by atoms with E-state index >= 15 is 0 Å². The van der Waals surface area contributed by atoms with E-state index in [-0.39, 0.29) is 22.0 Å². The predicted molar refractivity (Wildman–Crippen MR) is 93.0 cm³/mol. The van der Waals surface area contributed by atoms with Crippen molar-refractivity contribution in [3.63, 3.8) is 0 Å². The van der Waals surface area contributed by atoms with Gasteiger partial charge in [-0.25, -0.2) is 0 Å². The summed E-state index contributed by atoms with van der Waals surface area (Å²) in [5, 5.41) is 0. The first-order valence-corrected chi connectivity index (χ1v) is 10.2. The second-order valence-corrected chi connectivity index (χ2v) is 8.40. The highest BCUT2D eigenvalue weighted by atomic mass is 32.2. The maximum absolute atomic E-state index is 12.3. The molecule has 9 heteroatoms. The third-order valence-corrected chi connectivity index (χ3v) is 5.69. The van der Waals surface area contributed by atoms with Crippen LogP contribution in [0.25, 0.3) is 11.3 Å². The molecule has 0 bridgehead atoms. The van der Waals surface area contributed by atoms with E-state index in [1.807, 2.05) is 6.92 Å². The Kier molecular flexibility index (Phi) is 4.61. The zero-order valence-electron chi connectivity index (χ0n) is 13.5. The minimum Gasteiger partial charge on any atom is -0.464 e. The second kappa shape index (κ2) is 6.60. The van der Waals surface area contributed by atoms with Crippen LogP contribution in [-0.4, -0.2) is 21.4 Å². The molecule has 3 aromatic rings. The third kappa shape index (κ3) is 3.79. The van der Waals surface area contributed by atoms with Gasteiger partial charge in [0.2, 0.25) is 0 Å². The van der Waals surface area contributed by atoms with Crippen molar-refractivity contribution in [2.75, 3.05) is 0 Å². The van der Waals surface area contributed by atoms with Crippen LogP contribution in [0.5, 0.6) is 5.75 Å². The van der Waals surface area contributed by atoms with Crippen molar-refractivity contribution in [3.8, 4) is 17.1 Å². The molecule has 1 heterocycles. The number of aryl methyl sites for hydroxylation is 1. The quantitative estimate of drug-likeness (QED) is 0.522. The van der Waals surface area contributed by atoms with Crippen LogP contribution in [0.15, 0.2) is 75.1 Å². The average molecular weight is 394 g/mol. The summed E-state index contributed by atoms with van der Waals surface area (Å²) in [5.41, 5.74) is 0.956. The van der Waals surface area contributed by atoms with Crippen LogP contribution in [0.3, 0.4) is 0 Å². The van der Waals surface area contributed by atoms with Crippen LogP contribution >= 0.6 is 0 Å². The average Bonchev–Trinajstić information content (AvgIpc) is 3.08. The van der Waals surface area contributed by atoms with Gasteiger partial charge in [-0.15, -0.1) is 0 Å². The first-order valence-electron chi connectivity index (χ1n) is 7.33. The van der Waals surface area contributed by atoms with Crippen LogP contribution in [-0.2, 0) is 20.2 Å². The molecule has 1 N–H and O–H groups in total. The molecule has 2 aromatic carbocycles. The fourth-order valence-electron chi connectivity index (χ4n) is 2.28. The lowest BCUT2D eigenvalue weighted by molar-refractivity contribution is 0.475. The largest absolute Gasteiger partial charge is 0.464 e. The highest BCUT2D eigenvalue weighted by Gasteiger charge is 2.22. The molecule has 136 valence electrons. The number of hydrogen-bond acceptors (Lipinski definition) is 6. The van der Waals surface area contributed by atoms with Gasteiger partial charge in [0, 0.05) is 11.6 Å². The van der Waals surface area contributed by atoms with Crippen molar-refractivity contribution in [3.05, 3.63) is 66.4 Å². The van der Waals surface area contributed by atoms with E-state index in [0.29, 0.717) is 0 Å². The topological polar surface area (TPSA) is 111 Å². The first kappa shape index (κ1) is 18.2. The number of rotatable bonds is 5. The second-order valence-electron chi connectivity index (χ2n) is 5.46. The highest BCUT2D eigenvalue weighted by Crippen LogP contribution is 2.32. The van der Waals surface area contributed by atoms with Gasteiger partial charge in [0.05, 0.1) is 6.26 Å². The molecule has 0 amide bonds. The van der Waals surface area contributed by atoms with Crippen molar-refractivity contribution in [1.29, 1.82) is 0 Å². The summed E-state index contributed by atoms with van der Waals surface area (Å²) < 4.78 is 67.6. The van der Waals surface area contributed by atoms with E-state index in [1.165, 1.54) is 36.6 Å². The zero-order chi connectivity index (χ0) is 18.9. The van der Waals surface area contributed by atoms with Gasteiger partial charge in [-0.3, -0.25) is 4.55 Å². The molecule has 7 nitrogen and oxygen atoms in total. The SMILES string of the molecule is Cc1ccc(S(=O)(=O)Oc2ccc(-c3ccco3)c(S(=O)(=O)O)c2)cc1. The Morgan fingerprint density at radius 3 is 2.23 bits per heavy atom. The van der Waals surface area contributed by atoms with Gasteiger partial charge in [-0.2, -0.15) is 16.8 Å². The van der Waals surface area contributed by atoms with Crippen molar-refractivity contribution in [2.45, 2.75) is 16.7 Å². The van der Waals surface area contributed by atoms with Gasteiger partial charge < -0.3 is 8.60 Å². The molecule has 0 saturated carbocycles. The Bertz CT molecular complexity index is 1130. The summed E-state index contributed by atoms with van der Waals surface area (Å²) in [4.78, 5) is -0.601. The summed E-state index contributed by atoms with van der Waals surface area (Å²) in [5.74, 6) is -0.0564. The van der Waals surface area contributed by atoms with Crippen LogP contribution in [0.1, 0.15) is 5.56 Å². The van der Waals surface area contributed by atoms with E-state index in [9.17, 15) is 21.4 Å². The molecule has 0 atom stereocenters. The van der Waals surface area contributed by atoms with Crippen molar-refractivity contribution in [1.82, 2.24) is 0 Å². The lowest BCUT2D eigenvalue weighted by Gasteiger charge is -2.10. The van der Waals surface area contributed by atoms with Gasteiger partial charge in [-0.1, -0.05) is 17.7 Å². The fraction of sp³-hybridized carbons (Fsp3) is 0.0588. The highest BCUT2D eigenvalue weighted by molar-refractivity contribution is 7.87. The molecule has 0 aliphatic rings. The fourth-order valence-corrected chi connectivity index (χ4v) is 3.92. The normalized spacial score (nSPS) is 12.1. The monoisotopic (exact) mass is 394 g/mol. The number of furan rings is 1. The minimum atomic E-state index is -4.64. The van der Waals surface area contributed by atoms with Crippen molar-refractivity contribution < 1.29 is 30.0 Å². The van der Waals surface area contributed by atoms with Crippen molar-refractivity contribution in [2.24, 2.45) is 0 Å².